The second-order valence-electron chi connectivity index (χ2n) is 7.71. The normalized spacial score (nSPS) is 15.5. The van der Waals surface area contributed by atoms with Crippen LogP contribution in [-0.4, -0.2) is 29.9 Å². The summed E-state index contributed by atoms with van der Waals surface area (Å²) in [6, 6.07) is 12.1. The van der Waals surface area contributed by atoms with Crippen LogP contribution in [0.5, 0.6) is 11.5 Å². The van der Waals surface area contributed by atoms with Crippen LogP contribution in [0.25, 0.3) is 6.08 Å². The minimum atomic E-state index is -0.655. The van der Waals surface area contributed by atoms with Crippen molar-refractivity contribution in [2.75, 3.05) is 14.2 Å². The summed E-state index contributed by atoms with van der Waals surface area (Å²) in [7, 11) is 2.79. The first-order valence-corrected chi connectivity index (χ1v) is 11.4. The Morgan fingerprint density at radius 2 is 2.00 bits per heavy atom. The quantitative estimate of drug-likeness (QED) is 0.437. The summed E-state index contributed by atoms with van der Waals surface area (Å²) >= 11 is 1.24. The second kappa shape index (κ2) is 9.52. The Hall–Kier alpha value is -3.91. The molecule has 7 nitrogen and oxygen atoms in total. The number of fused-ring (bicyclic) bond motifs is 1. The number of thiazole rings is 1. The molecule has 1 N–H and O–H groups in total. The van der Waals surface area contributed by atoms with E-state index >= 15 is 0 Å². The van der Waals surface area contributed by atoms with Crippen LogP contribution in [0.2, 0.25) is 0 Å². The van der Waals surface area contributed by atoms with Gasteiger partial charge in [0, 0.05) is 5.56 Å². The smallest absolute Gasteiger partial charge is 0.338 e. The minimum absolute atomic E-state index is 0.0448. The molecule has 0 bridgehead atoms. The molecule has 1 unspecified atom stereocenters. The molecule has 2 heterocycles. The van der Waals surface area contributed by atoms with Gasteiger partial charge in [-0.15, -0.1) is 6.58 Å². The molecule has 0 radical (unpaired) electrons. The number of nitrogens with zero attached hydrogens (tertiary/aromatic N) is 2. The van der Waals surface area contributed by atoms with E-state index in [4.69, 9.17) is 9.47 Å². The van der Waals surface area contributed by atoms with Crippen molar-refractivity contribution in [3.8, 4) is 11.5 Å². The van der Waals surface area contributed by atoms with Gasteiger partial charge in [-0.05, 0) is 42.7 Å². The van der Waals surface area contributed by atoms with Crippen molar-refractivity contribution in [2.24, 2.45) is 4.99 Å². The number of allylic oxidation sites excluding steroid dienone is 2. The molecule has 1 aliphatic heterocycles. The zero-order chi connectivity index (χ0) is 24.4. The molecule has 1 atom stereocenters. The van der Waals surface area contributed by atoms with Gasteiger partial charge < -0.3 is 14.6 Å². The fraction of sp³-hybridized carbons (Fsp3) is 0.192. The van der Waals surface area contributed by atoms with E-state index in [1.54, 1.807) is 31.2 Å². The first kappa shape index (κ1) is 23.3. The van der Waals surface area contributed by atoms with Crippen LogP contribution in [0, 0.1) is 0 Å². The molecule has 0 aliphatic carbocycles. The summed E-state index contributed by atoms with van der Waals surface area (Å²) in [5, 5.41) is 10.4. The van der Waals surface area contributed by atoms with E-state index in [2.05, 4.69) is 11.6 Å². The van der Waals surface area contributed by atoms with Gasteiger partial charge in [0.15, 0.2) is 16.3 Å². The van der Waals surface area contributed by atoms with Gasteiger partial charge in [-0.1, -0.05) is 47.7 Å². The number of rotatable bonds is 6. The van der Waals surface area contributed by atoms with Gasteiger partial charge in [0.05, 0.1) is 36.1 Å². The van der Waals surface area contributed by atoms with Crippen molar-refractivity contribution in [1.29, 1.82) is 0 Å². The van der Waals surface area contributed by atoms with Crippen LogP contribution in [0.3, 0.4) is 0 Å². The lowest BCUT2D eigenvalue weighted by atomic mass is 9.96. The lowest BCUT2D eigenvalue weighted by molar-refractivity contribution is -0.136. The maximum absolute atomic E-state index is 13.6. The number of aromatic nitrogens is 1. The third-order valence-corrected chi connectivity index (χ3v) is 6.58. The Balaban J connectivity index is 1.95. The van der Waals surface area contributed by atoms with Crippen molar-refractivity contribution >= 4 is 23.4 Å². The van der Waals surface area contributed by atoms with Gasteiger partial charge in [-0.2, -0.15) is 0 Å². The number of ether oxygens (including phenoxy) is 2. The van der Waals surface area contributed by atoms with Crippen LogP contribution in [-0.2, 0) is 16.0 Å². The summed E-state index contributed by atoms with van der Waals surface area (Å²) in [5.41, 5.74) is 2.67. The number of phenols is 1. The average Bonchev–Trinajstić information content (AvgIpc) is 3.14. The fourth-order valence-corrected chi connectivity index (χ4v) is 5.08. The SMILES string of the molecule is C=CCc1cc(C=c2sc3n(c2=O)C(c2ccccc2)C(C(=O)OC)=C(C)N=3)cc(OC)c1O. The van der Waals surface area contributed by atoms with E-state index in [9.17, 15) is 14.7 Å². The maximum Gasteiger partial charge on any atom is 0.338 e. The number of phenolic OH excluding ortho intramolecular Hbond substituents is 1. The highest BCUT2D eigenvalue weighted by atomic mass is 32.1. The molecule has 0 amide bonds. The highest BCUT2D eigenvalue weighted by Crippen LogP contribution is 2.33. The molecule has 0 saturated carbocycles. The van der Waals surface area contributed by atoms with Crippen molar-refractivity contribution in [1.82, 2.24) is 4.57 Å². The first-order valence-electron chi connectivity index (χ1n) is 10.6. The van der Waals surface area contributed by atoms with E-state index in [1.165, 1.54) is 30.1 Å². The highest BCUT2D eigenvalue weighted by molar-refractivity contribution is 7.07. The standard InChI is InChI=1S/C26H24N2O5S/c1-5-9-18-12-16(13-19(32-3)23(18)29)14-20-24(30)28-22(17-10-7-6-8-11-17)21(25(31)33-4)15(2)27-26(28)34-20/h5-8,10-14,22,29H,1,9H2,2-4H3. The Morgan fingerprint density at radius 3 is 2.65 bits per heavy atom. The molecule has 0 spiro atoms. The third-order valence-electron chi connectivity index (χ3n) is 5.60. The first-order chi connectivity index (χ1) is 16.4. The van der Waals surface area contributed by atoms with Gasteiger partial charge in [-0.25, -0.2) is 9.79 Å². The number of carbonyl (C=O) groups excluding carboxylic acids is 1. The number of esters is 1. The molecule has 1 aliphatic rings. The molecular formula is C26H24N2O5S. The minimum Gasteiger partial charge on any atom is -0.504 e. The van der Waals surface area contributed by atoms with E-state index in [1.807, 2.05) is 30.3 Å². The molecule has 1 aromatic heterocycles. The largest absolute Gasteiger partial charge is 0.504 e. The molecule has 8 heteroatoms. The van der Waals surface area contributed by atoms with Crippen LogP contribution >= 0.6 is 11.3 Å². The van der Waals surface area contributed by atoms with Gasteiger partial charge >= 0.3 is 5.97 Å². The summed E-state index contributed by atoms with van der Waals surface area (Å²) in [4.78, 5) is 31.3. The van der Waals surface area contributed by atoms with Crippen LogP contribution in [0.4, 0.5) is 0 Å². The van der Waals surface area contributed by atoms with Crippen LogP contribution < -0.4 is 19.6 Å². The van der Waals surface area contributed by atoms with E-state index in [-0.39, 0.29) is 11.3 Å². The summed E-state index contributed by atoms with van der Waals surface area (Å²) < 4.78 is 12.3. The highest BCUT2D eigenvalue weighted by Gasteiger charge is 2.32. The van der Waals surface area contributed by atoms with E-state index in [0.29, 0.717) is 43.9 Å². The molecule has 34 heavy (non-hydrogen) atoms. The Kier molecular flexibility index (Phi) is 6.51. The van der Waals surface area contributed by atoms with Crippen molar-refractivity contribution in [3.63, 3.8) is 0 Å². The monoisotopic (exact) mass is 476 g/mol. The zero-order valence-electron chi connectivity index (χ0n) is 19.1. The number of carbonyl (C=O) groups is 1. The zero-order valence-corrected chi connectivity index (χ0v) is 19.9. The summed E-state index contributed by atoms with van der Waals surface area (Å²) in [6.45, 7) is 5.47. The van der Waals surface area contributed by atoms with Crippen molar-refractivity contribution in [3.05, 3.63) is 103 Å². The number of aromatic hydroxyl groups is 1. The fourth-order valence-electron chi connectivity index (χ4n) is 4.03. The summed E-state index contributed by atoms with van der Waals surface area (Å²) in [5.74, 6) is -0.172. The molecular weight excluding hydrogens is 452 g/mol. The Bertz CT molecular complexity index is 1480. The Labute approximate surface area is 200 Å². The van der Waals surface area contributed by atoms with Gasteiger partial charge in [0.1, 0.15) is 0 Å². The van der Waals surface area contributed by atoms with Crippen LogP contribution in [0.1, 0.15) is 29.7 Å². The molecule has 4 rings (SSSR count). The lowest BCUT2D eigenvalue weighted by Crippen LogP contribution is -2.39. The predicted molar refractivity (Wildman–Crippen MR) is 131 cm³/mol. The predicted octanol–water partition coefficient (Wildman–Crippen LogP) is 2.85. The molecule has 0 fully saturated rings. The molecule has 0 saturated heterocycles. The van der Waals surface area contributed by atoms with E-state index < -0.39 is 12.0 Å². The van der Waals surface area contributed by atoms with Crippen molar-refractivity contribution in [2.45, 2.75) is 19.4 Å². The molecule has 2 aromatic carbocycles. The van der Waals surface area contributed by atoms with Crippen molar-refractivity contribution < 1.29 is 19.4 Å². The maximum atomic E-state index is 13.6. The number of hydrogen-bond donors (Lipinski definition) is 1. The Morgan fingerprint density at radius 1 is 1.26 bits per heavy atom. The van der Waals surface area contributed by atoms with Gasteiger partial charge in [0.2, 0.25) is 0 Å². The van der Waals surface area contributed by atoms with E-state index in [0.717, 1.165) is 5.56 Å². The lowest BCUT2D eigenvalue weighted by Gasteiger charge is -2.24. The molecule has 174 valence electrons. The molecule has 3 aromatic rings. The number of hydrogen-bond acceptors (Lipinski definition) is 7. The number of benzene rings is 2. The number of methoxy groups -OCH3 is 2. The topological polar surface area (TPSA) is 90.1 Å². The second-order valence-corrected chi connectivity index (χ2v) is 8.72. The van der Waals surface area contributed by atoms with Gasteiger partial charge in [-0.3, -0.25) is 9.36 Å². The third kappa shape index (κ3) is 4.08. The van der Waals surface area contributed by atoms with Gasteiger partial charge in [0.25, 0.3) is 5.56 Å². The average molecular weight is 477 g/mol. The van der Waals surface area contributed by atoms with Crippen LogP contribution in [0.15, 0.2) is 76.2 Å². The summed E-state index contributed by atoms with van der Waals surface area (Å²) in [6.07, 6.45) is 3.86.